The van der Waals surface area contributed by atoms with Gasteiger partial charge in [-0.25, -0.2) is 9.97 Å². The number of thiazole rings is 1. The lowest BCUT2D eigenvalue weighted by Gasteiger charge is -2.09. The predicted molar refractivity (Wildman–Crippen MR) is 91.3 cm³/mol. The van der Waals surface area contributed by atoms with E-state index < -0.39 is 0 Å². The molecule has 0 saturated carbocycles. The number of benzene rings is 1. The molecule has 0 aliphatic rings. The van der Waals surface area contributed by atoms with Crippen LogP contribution in [0.1, 0.15) is 28.0 Å². The number of aryl methyl sites for hydroxylation is 2. The molecule has 0 aliphatic carbocycles. The third-order valence-electron chi connectivity index (χ3n) is 3.60. The predicted octanol–water partition coefficient (Wildman–Crippen LogP) is 3.04. The number of imidazole rings is 1. The van der Waals surface area contributed by atoms with Crippen molar-refractivity contribution in [3.63, 3.8) is 0 Å². The number of hydrogen-bond donors (Lipinski definition) is 1. The Morgan fingerprint density at radius 1 is 1.35 bits per heavy atom. The topological polar surface area (TPSA) is 59.8 Å². The van der Waals surface area contributed by atoms with E-state index >= 15 is 0 Å². The summed E-state index contributed by atoms with van der Waals surface area (Å²) in [5, 5.41) is 5.90. The van der Waals surface area contributed by atoms with Gasteiger partial charge in [-0.2, -0.15) is 0 Å². The number of nitrogens with zero attached hydrogens (tertiary/aromatic N) is 3. The molecule has 2 heterocycles. The summed E-state index contributed by atoms with van der Waals surface area (Å²) in [7, 11) is 1.92. The maximum absolute atomic E-state index is 12.6. The molecule has 0 unspecified atom stereocenters. The van der Waals surface area contributed by atoms with Crippen LogP contribution in [0.2, 0.25) is 0 Å². The van der Waals surface area contributed by atoms with Crippen molar-refractivity contribution in [2.45, 2.75) is 19.9 Å². The van der Waals surface area contributed by atoms with Crippen LogP contribution in [0.25, 0.3) is 11.4 Å². The Kier molecular flexibility index (Phi) is 4.52. The van der Waals surface area contributed by atoms with Gasteiger partial charge in [-0.3, -0.25) is 4.79 Å². The number of hydrogen-bond acceptors (Lipinski definition) is 4. The number of nitrogens with one attached hydrogen (secondary N) is 1. The van der Waals surface area contributed by atoms with E-state index in [1.807, 2.05) is 47.5 Å². The molecule has 1 N–H and O–H groups in total. The lowest BCUT2D eigenvalue weighted by atomic mass is 10.1. The van der Waals surface area contributed by atoms with Gasteiger partial charge in [0.05, 0.1) is 17.8 Å². The Hall–Kier alpha value is -2.47. The van der Waals surface area contributed by atoms with Crippen LogP contribution in [0, 0.1) is 0 Å². The molecular formula is C17H18N4OS. The lowest BCUT2D eigenvalue weighted by Crippen LogP contribution is -2.23. The van der Waals surface area contributed by atoms with Crippen molar-refractivity contribution in [1.29, 1.82) is 0 Å². The SMILES string of the molecule is CCc1csc(CNC(=O)c2ccccc2-c2nccn2C)n1. The van der Waals surface area contributed by atoms with Gasteiger partial charge in [0.15, 0.2) is 0 Å². The van der Waals surface area contributed by atoms with Crippen LogP contribution in [-0.4, -0.2) is 20.4 Å². The van der Waals surface area contributed by atoms with E-state index in [0.29, 0.717) is 12.1 Å². The number of aromatic nitrogens is 3. The minimum atomic E-state index is -0.114. The first-order chi connectivity index (χ1) is 11.2. The van der Waals surface area contributed by atoms with E-state index in [1.165, 1.54) is 0 Å². The minimum absolute atomic E-state index is 0.114. The smallest absolute Gasteiger partial charge is 0.252 e. The summed E-state index contributed by atoms with van der Waals surface area (Å²) in [4.78, 5) is 21.4. The quantitative estimate of drug-likeness (QED) is 0.784. The maximum atomic E-state index is 12.6. The van der Waals surface area contributed by atoms with Crippen LogP contribution in [-0.2, 0) is 20.0 Å². The van der Waals surface area contributed by atoms with Crippen molar-refractivity contribution in [2.24, 2.45) is 7.05 Å². The van der Waals surface area contributed by atoms with Crippen LogP contribution < -0.4 is 5.32 Å². The van der Waals surface area contributed by atoms with Crippen molar-refractivity contribution in [1.82, 2.24) is 19.9 Å². The molecule has 5 nitrogen and oxygen atoms in total. The zero-order valence-corrected chi connectivity index (χ0v) is 13.9. The van der Waals surface area contributed by atoms with Gasteiger partial charge in [-0.15, -0.1) is 11.3 Å². The Balaban J connectivity index is 1.79. The van der Waals surface area contributed by atoms with E-state index in [9.17, 15) is 4.79 Å². The molecule has 0 saturated heterocycles. The zero-order valence-electron chi connectivity index (χ0n) is 13.1. The number of rotatable bonds is 5. The fourth-order valence-corrected chi connectivity index (χ4v) is 3.16. The molecule has 0 radical (unpaired) electrons. The molecule has 3 aromatic rings. The number of carbonyl (C=O) groups is 1. The molecule has 1 amide bonds. The molecule has 118 valence electrons. The Morgan fingerprint density at radius 3 is 2.87 bits per heavy atom. The summed E-state index contributed by atoms with van der Waals surface area (Å²) in [5.74, 6) is 0.662. The molecule has 3 rings (SSSR count). The second-order valence-electron chi connectivity index (χ2n) is 5.18. The zero-order chi connectivity index (χ0) is 16.2. The molecule has 6 heteroatoms. The first-order valence-corrected chi connectivity index (χ1v) is 8.35. The summed E-state index contributed by atoms with van der Waals surface area (Å²) >= 11 is 1.57. The van der Waals surface area contributed by atoms with E-state index in [2.05, 4.69) is 22.2 Å². The first-order valence-electron chi connectivity index (χ1n) is 7.47. The molecule has 0 aliphatic heterocycles. The third-order valence-corrected chi connectivity index (χ3v) is 4.49. The molecule has 0 bridgehead atoms. The normalized spacial score (nSPS) is 10.7. The van der Waals surface area contributed by atoms with E-state index in [1.54, 1.807) is 17.5 Å². The molecule has 0 spiro atoms. The van der Waals surface area contributed by atoms with E-state index in [4.69, 9.17) is 0 Å². The summed E-state index contributed by atoms with van der Waals surface area (Å²) < 4.78 is 1.90. The fourth-order valence-electron chi connectivity index (χ4n) is 2.34. The monoisotopic (exact) mass is 326 g/mol. The van der Waals surface area contributed by atoms with Crippen molar-refractivity contribution in [3.05, 3.63) is 58.3 Å². The number of carbonyl (C=O) groups excluding carboxylic acids is 1. The standard InChI is InChI=1S/C17H18N4OS/c1-3-12-11-23-15(20-12)10-19-17(22)14-7-5-4-6-13(14)16-18-8-9-21(16)2/h4-9,11H,3,10H2,1-2H3,(H,19,22). The van der Waals surface area contributed by atoms with Gasteiger partial charge in [0, 0.05) is 30.4 Å². The van der Waals surface area contributed by atoms with Gasteiger partial charge in [-0.05, 0) is 12.5 Å². The highest BCUT2D eigenvalue weighted by Gasteiger charge is 2.15. The first kappa shape index (κ1) is 15.4. The average Bonchev–Trinajstić information content (AvgIpc) is 3.21. The van der Waals surface area contributed by atoms with Gasteiger partial charge in [0.25, 0.3) is 5.91 Å². The second-order valence-corrected chi connectivity index (χ2v) is 6.12. The summed E-state index contributed by atoms with van der Waals surface area (Å²) in [5.41, 5.74) is 2.51. The highest BCUT2D eigenvalue weighted by atomic mass is 32.1. The largest absolute Gasteiger partial charge is 0.346 e. The van der Waals surface area contributed by atoms with Crippen LogP contribution in [0.3, 0.4) is 0 Å². The Bertz CT molecular complexity index is 821. The van der Waals surface area contributed by atoms with E-state index in [-0.39, 0.29) is 5.91 Å². The highest BCUT2D eigenvalue weighted by Crippen LogP contribution is 2.21. The summed E-state index contributed by atoms with van der Waals surface area (Å²) in [6.45, 7) is 2.51. The lowest BCUT2D eigenvalue weighted by molar-refractivity contribution is 0.0951. The minimum Gasteiger partial charge on any atom is -0.346 e. The van der Waals surface area contributed by atoms with Gasteiger partial charge < -0.3 is 9.88 Å². The Morgan fingerprint density at radius 2 is 2.17 bits per heavy atom. The van der Waals surface area contributed by atoms with Crippen molar-refractivity contribution in [3.8, 4) is 11.4 Å². The van der Waals surface area contributed by atoms with Gasteiger partial charge in [0.1, 0.15) is 10.8 Å². The van der Waals surface area contributed by atoms with Crippen LogP contribution >= 0.6 is 11.3 Å². The van der Waals surface area contributed by atoms with Gasteiger partial charge in [0.2, 0.25) is 0 Å². The summed E-state index contributed by atoms with van der Waals surface area (Å²) in [6.07, 6.45) is 4.50. The highest BCUT2D eigenvalue weighted by molar-refractivity contribution is 7.09. The molecule has 2 aromatic heterocycles. The van der Waals surface area contributed by atoms with Crippen molar-refractivity contribution in [2.75, 3.05) is 0 Å². The second kappa shape index (κ2) is 6.75. The average molecular weight is 326 g/mol. The van der Waals surface area contributed by atoms with Gasteiger partial charge in [-0.1, -0.05) is 25.1 Å². The molecular weight excluding hydrogens is 308 g/mol. The van der Waals surface area contributed by atoms with E-state index in [0.717, 1.165) is 28.5 Å². The number of amides is 1. The third kappa shape index (κ3) is 3.32. The van der Waals surface area contributed by atoms with Crippen molar-refractivity contribution >= 4 is 17.2 Å². The maximum Gasteiger partial charge on any atom is 0.252 e. The van der Waals surface area contributed by atoms with Crippen LogP contribution in [0.4, 0.5) is 0 Å². The molecule has 23 heavy (non-hydrogen) atoms. The summed E-state index contributed by atoms with van der Waals surface area (Å²) in [6, 6.07) is 7.50. The fraction of sp³-hybridized carbons (Fsp3) is 0.235. The van der Waals surface area contributed by atoms with Crippen LogP contribution in [0.15, 0.2) is 42.0 Å². The molecule has 0 fully saturated rings. The van der Waals surface area contributed by atoms with Gasteiger partial charge >= 0.3 is 0 Å². The Labute approximate surface area is 139 Å². The molecule has 0 atom stereocenters. The van der Waals surface area contributed by atoms with Crippen LogP contribution in [0.5, 0.6) is 0 Å². The van der Waals surface area contributed by atoms with Crippen molar-refractivity contribution < 1.29 is 4.79 Å². The molecule has 1 aromatic carbocycles.